The summed E-state index contributed by atoms with van der Waals surface area (Å²) in [6, 6.07) is 4.36. The smallest absolute Gasteiger partial charge is 0.183 e. The van der Waals surface area contributed by atoms with Crippen LogP contribution in [0.4, 0.5) is 9.52 Å². The Morgan fingerprint density at radius 2 is 2.24 bits per heavy atom. The molecule has 0 saturated heterocycles. The molecule has 1 aromatic carbocycles. The van der Waals surface area contributed by atoms with E-state index in [2.05, 4.69) is 10.3 Å². The van der Waals surface area contributed by atoms with Gasteiger partial charge in [-0.15, -0.1) is 0 Å². The quantitative estimate of drug-likeness (QED) is 0.925. The van der Waals surface area contributed by atoms with Crippen LogP contribution in [0, 0.1) is 5.82 Å². The first-order valence-electron chi connectivity index (χ1n) is 4.92. The number of nitrogens with zero attached hydrogens (tertiary/aromatic N) is 1. The second kappa shape index (κ2) is 4.58. The molecule has 0 aliphatic carbocycles. The van der Waals surface area contributed by atoms with Crippen LogP contribution in [0.1, 0.15) is 0 Å². The fraction of sp³-hybridized carbons (Fsp3) is 0.300. The van der Waals surface area contributed by atoms with Gasteiger partial charge < -0.3 is 5.32 Å². The Balaban J connectivity index is 2.09. The zero-order chi connectivity index (χ0) is 12.5. The Morgan fingerprint density at radius 1 is 1.47 bits per heavy atom. The van der Waals surface area contributed by atoms with Crippen molar-refractivity contribution in [3.05, 3.63) is 24.0 Å². The largest absolute Gasteiger partial charge is 0.360 e. The van der Waals surface area contributed by atoms with Gasteiger partial charge in [0, 0.05) is 12.8 Å². The van der Waals surface area contributed by atoms with Crippen LogP contribution >= 0.6 is 11.3 Å². The molecule has 0 unspecified atom stereocenters. The Morgan fingerprint density at radius 3 is 2.94 bits per heavy atom. The van der Waals surface area contributed by atoms with Gasteiger partial charge in [0.1, 0.15) is 15.7 Å². The molecule has 0 aliphatic rings. The van der Waals surface area contributed by atoms with E-state index in [9.17, 15) is 12.8 Å². The predicted molar refractivity (Wildman–Crippen MR) is 67.8 cm³/mol. The van der Waals surface area contributed by atoms with Gasteiger partial charge in [-0.25, -0.2) is 17.8 Å². The van der Waals surface area contributed by atoms with Gasteiger partial charge in [-0.05, 0) is 18.2 Å². The molecule has 0 bridgehead atoms. The highest BCUT2D eigenvalue weighted by Gasteiger charge is 2.06. The number of hydrogen-bond acceptors (Lipinski definition) is 5. The molecule has 1 N–H and O–H groups in total. The average Bonchev–Trinajstić information content (AvgIpc) is 2.57. The van der Waals surface area contributed by atoms with Gasteiger partial charge in [0.15, 0.2) is 5.13 Å². The van der Waals surface area contributed by atoms with Crippen molar-refractivity contribution in [1.82, 2.24) is 4.98 Å². The summed E-state index contributed by atoms with van der Waals surface area (Å²) in [6.07, 6.45) is 1.18. The number of thiazole rings is 1. The first-order valence-corrected chi connectivity index (χ1v) is 7.79. The highest BCUT2D eigenvalue weighted by atomic mass is 32.2. The maximum Gasteiger partial charge on any atom is 0.183 e. The molecule has 0 atom stereocenters. The SMILES string of the molecule is CS(=O)(=O)CCNc1nc2ccc(F)cc2s1. The van der Waals surface area contributed by atoms with Crippen molar-refractivity contribution in [2.24, 2.45) is 0 Å². The Labute approximate surface area is 102 Å². The molecule has 0 aliphatic heterocycles. The fourth-order valence-electron chi connectivity index (χ4n) is 1.32. The van der Waals surface area contributed by atoms with Crippen LogP contribution in [-0.4, -0.2) is 32.0 Å². The third-order valence-corrected chi connectivity index (χ3v) is 4.02. The van der Waals surface area contributed by atoms with Crippen LogP contribution in [0.3, 0.4) is 0 Å². The summed E-state index contributed by atoms with van der Waals surface area (Å²) in [6.45, 7) is 0.307. The first kappa shape index (κ1) is 12.3. The number of halogens is 1. The monoisotopic (exact) mass is 274 g/mol. The van der Waals surface area contributed by atoms with Crippen molar-refractivity contribution < 1.29 is 12.8 Å². The topological polar surface area (TPSA) is 59.1 Å². The van der Waals surface area contributed by atoms with E-state index >= 15 is 0 Å². The molecule has 4 nitrogen and oxygen atoms in total. The van der Waals surface area contributed by atoms with Gasteiger partial charge in [0.05, 0.1) is 16.0 Å². The molecule has 1 heterocycles. The van der Waals surface area contributed by atoms with E-state index in [-0.39, 0.29) is 11.6 Å². The zero-order valence-electron chi connectivity index (χ0n) is 9.10. The minimum Gasteiger partial charge on any atom is -0.360 e. The van der Waals surface area contributed by atoms with E-state index < -0.39 is 9.84 Å². The third kappa shape index (κ3) is 3.37. The lowest BCUT2D eigenvalue weighted by molar-refractivity contribution is 0.602. The number of fused-ring (bicyclic) bond motifs is 1. The minimum absolute atomic E-state index is 0.0529. The minimum atomic E-state index is -2.98. The van der Waals surface area contributed by atoms with E-state index in [1.807, 2.05) is 0 Å². The molecule has 0 saturated carbocycles. The van der Waals surface area contributed by atoms with Gasteiger partial charge in [-0.3, -0.25) is 0 Å². The standard InChI is InChI=1S/C10H11FN2O2S2/c1-17(14,15)5-4-12-10-13-8-3-2-7(11)6-9(8)16-10/h2-3,6H,4-5H2,1H3,(H,12,13). The zero-order valence-corrected chi connectivity index (χ0v) is 10.7. The lowest BCUT2D eigenvalue weighted by atomic mass is 10.3. The van der Waals surface area contributed by atoms with Crippen LogP contribution in [0.2, 0.25) is 0 Å². The summed E-state index contributed by atoms with van der Waals surface area (Å²) >= 11 is 1.30. The van der Waals surface area contributed by atoms with E-state index in [1.165, 1.54) is 29.7 Å². The van der Waals surface area contributed by atoms with Crippen LogP contribution < -0.4 is 5.32 Å². The highest BCUT2D eigenvalue weighted by molar-refractivity contribution is 7.90. The summed E-state index contributed by atoms with van der Waals surface area (Å²) in [5.41, 5.74) is 0.707. The number of benzene rings is 1. The predicted octanol–water partition coefficient (Wildman–Crippen LogP) is 1.89. The molecule has 0 fully saturated rings. The molecule has 0 radical (unpaired) electrons. The van der Waals surface area contributed by atoms with Crippen molar-refractivity contribution in [3.8, 4) is 0 Å². The Kier molecular flexibility index (Phi) is 3.30. The molecule has 2 aromatic rings. The van der Waals surface area contributed by atoms with Crippen LogP contribution in [0.15, 0.2) is 18.2 Å². The molecule has 17 heavy (non-hydrogen) atoms. The summed E-state index contributed by atoms with van der Waals surface area (Å²) in [4.78, 5) is 4.22. The Hall–Kier alpha value is -1.21. The van der Waals surface area contributed by atoms with Gasteiger partial charge in [0.25, 0.3) is 0 Å². The highest BCUT2D eigenvalue weighted by Crippen LogP contribution is 2.26. The number of hydrogen-bond donors (Lipinski definition) is 1. The summed E-state index contributed by atoms with van der Waals surface area (Å²) in [5, 5.41) is 3.52. The van der Waals surface area contributed by atoms with E-state index in [4.69, 9.17) is 0 Å². The Bertz CT molecular complexity index is 637. The van der Waals surface area contributed by atoms with Crippen molar-refractivity contribution in [3.63, 3.8) is 0 Å². The molecule has 1 aromatic heterocycles. The molecular weight excluding hydrogens is 263 g/mol. The lowest BCUT2D eigenvalue weighted by Gasteiger charge is -1.99. The molecule has 7 heteroatoms. The van der Waals surface area contributed by atoms with Gasteiger partial charge in [-0.2, -0.15) is 0 Å². The van der Waals surface area contributed by atoms with Crippen molar-refractivity contribution in [1.29, 1.82) is 0 Å². The van der Waals surface area contributed by atoms with Crippen LogP contribution in [0.5, 0.6) is 0 Å². The maximum absolute atomic E-state index is 12.9. The number of anilines is 1. The van der Waals surface area contributed by atoms with Crippen molar-refractivity contribution in [2.75, 3.05) is 23.9 Å². The van der Waals surface area contributed by atoms with Crippen molar-refractivity contribution in [2.45, 2.75) is 0 Å². The van der Waals surface area contributed by atoms with Crippen LogP contribution in [0.25, 0.3) is 10.2 Å². The van der Waals surface area contributed by atoms with E-state index in [0.717, 1.165) is 4.70 Å². The maximum atomic E-state index is 12.9. The second-order valence-electron chi connectivity index (χ2n) is 3.69. The summed E-state index contributed by atoms with van der Waals surface area (Å²) in [7, 11) is -2.98. The summed E-state index contributed by atoms with van der Waals surface area (Å²) in [5.74, 6) is -0.249. The average molecular weight is 274 g/mol. The lowest BCUT2D eigenvalue weighted by Crippen LogP contribution is -2.13. The molecular formula is C10H11FN2O2S2. The van der Waals surface area contributed by atoms with Gasteiger partial charge in [-0.1, -0.05) is 11.3 Å². The number of nitrogens with one attached hydrogen (secondary N) is 1. The fourth-order valence-corrected chi connectivity index (χ4v) is 2.71. The molecule has 0 amide bonds. The molecule has 2 rings (SSSR count). The number of sulfone groups is 1. The number of aromatic nitrogens is 1. The van der Waals surface area contributed by atoms with Crippen molar-refractivity contribution >= 4 is 36.5 Å². The molecule has 0 spiro atoms. The first-order chi connectivity index (χ1) is 7.94. The third-order valence-electron chi connectivity index (χ3n) is 2.10. The normalized spacial score (nSPS) is 11.9. The van der Waals surface area contributed by atoms with Crippen LogP contribution in [-0.2, 0) is 9.84 Å². The summed E-state index contributed by atoms with van der Waals surface area (Å²) < 4.78 is 35.5. The molecule has 92 valence electrons. The number of rotatable bonds is 4. The van der Waals surface area contributed by atoms with Gasteiger partial charge in [0.2, 0.25) is 0 Å². The van der Waals surface area contributed by atoms with E-state index in [1.54, 1.807) is 6.07 Å². The van der Waals surface area contributed by atoms with E-state index in [0.29, 0.717) is 17.2 Å². The second-order valence-corrected chi connectivity index (χ2v) is 6.98. The van der Waals surface area contributed by atoms with Gasteiger partial charge >= 0.3 is 0 Å².